The Balaban J connectivity index is 0.00000208. The Morgan fingerprint density at radius 3 is 2.83 bits per heavy atom. The van der Waals surface area contributed by atoms with Crippen LogP contribution in [0.15, 0.2) is 36.5 Å². The first kappa shape index (κ1) is 18.8. The fraction of sp³-hybridized carbons (Fsp3) is 0.412. The zero-order valence-electron chi connectivity index (χ0n) is 13.4. The van der Waals surface area contributed by atoms with Crippen molar-refractivity contribution in [2.24, 2.45) is 0 Å². The van der Waals surface area contributed by atoms with Crippen LogP contribution in [0.4, 0.5) is 0 Å². The number of hydrogen-bond acceptors (Lipinski definition) is 3. The molecule has 2 aromatic rings. The van der Waals surface area contributed by atoms with Crippen molar-refractivity contribution in [3.8, 4) is 0 Å². The third-order valence-corrected chi connectivity index (χ3v) is 4.35. The van der Waals surface area contributed by atoms with Crippen molar-refractivity contribution < 1.29 is 4.79 Å². The van der Waals surface area contributed by atoms with Gasteiger partial charge in [-0.2, -0.15) is 5.10 Å². The molecule has 1 unspecified atom stereocenters. The first-order chi connectivity index (χ1) is 11.2. The highest BCUT2D eigenvalue weighted by atomic mass is 35.5. The zero-order valence-corrected chi connectivity index (χ0v) is 14.9. The van der Waals surface area contributed by atoms with Gasteiger partial charge < -0.3 is 10.6 Å². The molecule has 5 nitrogen and oxygen atoms in total. The van der Waals surface area contributed by atoms with Gasteiger partial charge in [0.1, 0.15) is 5.69 Å². The predicted octanol–water partition coefficient (Wildman–Crippen LogP) is 2.86. The summed E-state index contributed by atoms with van der Waals surface area (Å²) in [5.74, 6) is -0.124. The molecule has 0 radical (unpaired) electrons. The van der Waals surface area contributed by atoms with Crippen molar-refractivity contribution in [1.82, 2.24) is 20.4 Å². The van der Waals surface area contributed by atoms with Crippen LogP contribution in [0.25, 0.3) is 0 Å². The highest BCUT2D eigenvalue weighted by Gasteiger charge is 2.17. The van der Waals surface area contributed by atoms with Gasteiger partial charge in [-0.1, -0.05) is 23.7 Å². The Morgan fingerprint density at radius 1 is 1.33 bits per heavy atom. The second kappa shape index (κ2) is 9.06. The van der Waals surface area contributed by atoms with Gasteiger partial charge in [0.15, 0.2) is 0 Å². The van der Waals surface area contributed by atoms with E-state index < -0.39 is 0 Å². The molecular weight excluding hydrogens is 347 g/mol. The Labute approximate surface area is 153 Å². The minimum Gasteiger partial charge on any atom is -0.350 e. The summed E-state index contributed by atoms with van der Waals surface area (Å²) in [6, 6.07) is 9.79. The molecule has 0 aliphatic carbocycles. The van der Waals surface area contributed by atoms with Gasteiger partial charge in [-0.3, -0.25) is 9.48 Å². The van der Waals surface area contributed by atoms with E-state index in [1.807, 2.05) is 35.1 Å². The second-order valence-electron chi connectivity index (χ2n) is 5.81. The van der Waals surface area contributed by atoms with Crippen molar-refractivity contribution in [2.75, 3.05) is 19.6 Å². The van der Waals surface area contributed by atoms with Crippen LogP contribution < -0.4 is 10.6 Å². The normalized spacial score (nSPS) is 17.1. The van der Waals surface area contributed by atoms with E-state index in [1.165, 1.54) is 0 Å². The van der Waals surface area contributed by atoms with Crippen LogP contribution in [0.2, 0.25) is 5.02 Å². The minimum absolute atomic E-state index is 0. The van der Waals surface area contributed by atoms with Gasteiger partial charge in [0.2, 0.25) is 0 Å². The van der Waals surface area contributed by atoms with Crippen molar-refractivity contribution in [1.29, 1.82) is 0 Å². The summed E-state index contributed by atoms with van der Waals surface area (Å²) in [5, 5.41) is 11.4. The number of nitrogens with one attached hydrogen (secondary N) is 2. The smallest absolute Gasteiger partial charge is 0.271 e. The highest BCUT2D eigenvalue weighted by molar-refractivity contribution is 6.30. The van der Waals surface area contributed by atoms with E-state index in [0.717, 1.165) is 42.9 Å². The van der Waals surface area contributed by atoms with Crippen molar-refractivity contribution in [3.05, 3.63) is 52.8 Å². The van der Waals surface area contributed by atoms with Gasteiger partial charge >= 0.3 is 0 Å². The lowest BCUT2D eigenvalue weighted by Gasteiger charge is -2.22. The number of carbonyl (C=O) groups excluding carboxylic acids is 1. The fourth-order valence-electron chi connectivity index (χ4n) is 2.78. The van der Waals surface area contributed by atoms with Gasteiger partial charge in [-0.05, 0) is 49.6 Å². The molecule has 2 N–H and O–H groups in total. The SMILES string of the molecule is Cl.O=C(NCCc1ccc(Cl)cc1)c1ccn(C2CCCNC2)n1. The van der Waals surface area contributed by atoms with Crippen LogP contribution >= 0.6 is 24.0 Å². The van der Waals surface area contributed by atoms with Crippen molar-refractivity contribution in [2.45, 2.75) is 25.3 Å². The molecule has 130 valence electrons. The Kier molecular flexibility index (Phi) is 7.09. The van der Waals surface area contributed by atoms with Crippen molar-refractivity contribution >= 4 is 29.9 Å². The lowest BCUT2D eigenvalue weighted by atomic mass is 10.1. The number of piperidine rings is 1. The molecule has 0 spiro atoms. The summed E-state index contributed by atoms with van der Waals surface area (Å²) >= 11 is 5.86. The summed E-state index contributed by atoms with van der Waals surface area (Å²) in [6.07, 6.45) is 4.92. The number of amides is 1. The number of hydrogen-bond donors (Lipinski definition) is 2. The Hall–Kier alpha value is -1.56. The summed E-state index contributed by atoms with van der Waals surface area (Å²) in [4.78, 5) is 12.2. The van der Waals surface area contributed by atoms with Crippen LogP contribution in [0.3, 0.4) is 0 Å². The third kappa shape index (κ3) is 4.97. The summed E-state index contributed by atoms with van der Waals surface area (Å²) in [5.41, 5.74) is 1.63. The Bertz CT molecular complexity index is 651. The first-order valence-electron chi connectivity index (χ1n) is 8.01. The largest absolute Gasteiger partial charge is 0.350 e. The second-order valence-corrected chi connectivity index (χ2v) is 6.25. The fourth-order valence-corrected chi connectivity index (χ4v) is 2.91. The lowest BCUT2D eigenvalue weighted by molar-refractivity contribution is 0.0948. The van der Waals surface area contributed by atoms with Gasteiger partial charge in [-0.25, -0.2) is 0 Å². The molecule has 1 amide bonds. The van der Waals surface area contributed by atoms with Gasteiger partial charge in [0.25, 0.3) is 5.91 Å². The van der Waals surface area contributed by atoms with E-state index >= 15 is 0 Å². The first-order valence-corrected chi connectivity index (χ1v) is 8.39. The summed E-state index contributed by atoms with van der Waals surface area (Å²) in [6.45, 7) is 2.56. The minimum atomic E-state index is -0.124. The van der Waals surface area contributed by atoms with Crippen LogP contribution in [0, 0.1) is 0 Å². The average molecular weight is 369 g/mol. The molecule has 1 aliphatic rings. The molecule has 3 rings (SSSR count). The number of nitrogens with zero attached hydrogens (tertiary/aromatic N) is 2. The zero-order chi connectivity index (χ0) is 16.1. The maximum Gasteiger partial charge on any atom is 0.271 e. The van der Waals surface area contributed by atoms with Gasteiger partial charge in [-0.15, -0.1) is 12.4 Å². The van der Waals surface area contributed by atoms with Crippen molar-refractivity contribution in [3.63, 3.8) is 0 Å². The van der Waals surface area contributed by atoms with Gasteiger partial charge in [0.05, 0.1) is 6.04 Å². The van der Waals surface area contributed by atoms with Crippen LogP contribution in [0.1, 0.15) is 34.9 Å². The Morgan fingerprint density at radius 2 is 2.12 bits per heavy atom. The molecule has 1 saturated heterocycles. The van der Waals surface area contributed by atoms with E-state index in [4.69, 9.17) is 11.6 Å². The molecule has 1 atom stereocenters. The monoisotopic (exact) mass is 368 g/mol. The maximum atomic E-state index is 12.2. The molecule has 24 heavy (non-hydrogen) atoms. The summed E-state index contributed by atoms with van der Waals surface area (Å²) in [7, 11) is 0. The molecule has 0 bridgehead atoms. The summed E-state index contributed by atoms with van der Waals surface area (Å²) < 4.78 is 1.90. The lowest BCUT2D eigenvalue weighted by Crippen LogP contribution is -2.32. The van der Waals surface area contributed by atoms with E-state index in [0.29, 0.717) is 18.3 Å². The molecule has 1 fully saturated rings. The number of rotatable bonds is 5. The highest BCUT2D eigenvalue weighted by Crippen LogP contribution is 2.15. The average Bonchev–Trinajstić information content (AvgIpc) is 3.07. The maximum absolute atomic E-state index is 12.2. The van der Waals surface area contributed by atoms with Crippen LogP contribution in [-0.2, 0) is 6.42 Å². The van der Waals surface area contributed by atoms with Gasteiger partial charge in [0, 0.05) is 24.3 Å². The van der Waals surface area contributed by atoms with E-state index in [-0.39, 0.29) is 18.3 Å². The molecule has 0 saturated carbocycles. The number of aromatic nitrogens is 2. The molecule has 1 aliphatic heterocycles. The third-order valence-electron chi connectivity index (χ3n) is 4.10. The molecule has 1 aromatic carbocycles. The van der Waals surface area contributed by atoms with E-state index in [9.17, 15) is 4.79 Å². The topological polar surface area (TPSA) is 59.0 Å². The number of benzene rings is 1. The molecule has 2 heterocycles. The number of halogens is 2. The molecule has 1 aromatic heterocycles. The standard InChI is InChI=1S/C17H21ClN4O.ClH/c18-14-5-3-13(4-6-14)7-10-20-17(23)16-8-11-22(21-16)15-2-1-9-19-12-15;/h3-6,8,11,15,19H,1-2,7,9-10,12H2,(H,20,23);1H. The number of carbonyl (C=O) groups is 1. The van der Waals surface area contributed by atoms with E-state index in [2.05, 4.69) is 15.7 Å². The molecule has 7 heteroatoms. The van der Waals surface area contributed by atoms with Crippen LogP contribution in [-0.4, -0.2) is 35.3 Å². The predicted molar refractivity (Wildman–Crippen MR) is 98.1 cm³/mol. The van der Waals surface area contributed by atoms with E-state index in [1.54, 1.807) is 6.07 Å². The molecular formula is C17H22Cl2N4O. The van der Waals surface area contributed by atoms with Crippen LogP contribution in [0.5, 0.6) is 0 Å². The quantitative estimate of drug-likeness (QED) is 0.852.